The first kappa shape index (κ1) is 12.9. The van der Waals surface area contributed by atoms with Crippen molar-refractivity contribution < 1.29 is 9.59 Å². The number of amides is 2. The Bertz CT molecular complexity index is 410. The quantitative estimate of drug-likeness (QED) is 0.845. The van der Waals surface area contributed by atoms with Crippen molar-refractivity contribution in [3.05, 3.63) is 0 Å². The van der Waals surface area contributed by atoms with Gasteiger partial charge in [-0.2, -0.15) is 0 Å². The highest BCUT2D eigenvalue weighted by Crippen LogP contribution is 2.43. The van der Waals surface area contributed by atoms with Gasteiger partial charge in [0.25, 0.3) is 0 Å². The summed E-state index contributed by atoms with van der Waals surface area (Å²) in [4.78, 5) is 27.5. The molecule has 3 rings (SSSR count). The van der Waals surface area contributed by atoms with Crippen LogP contribution >= 0.6 is 0 Å². The second kappa shape index (κ2) is 4.22. The van der Waals surface area contributed by atoms with E-state index in [9.17, 15) is 9.59 Å². The maximum Gasteiger partial charge on any atom is 0.248 e. The Labute approximate surface area is 114 Å². The summed E-state index contributed by atoms with van der Waals surface area (Å²) in [6.45, 7) is 4.64. The molecule has 106 valence electrons. The molecule has 0 radical (unpaired) electrons. The summed E-state index contributed by atoms with van der Waals surface area (Å²) in [6, 6.07) is 0. The molecule has 0 aromatic carbocycles. The smallest absolute Gasteiger partial charge is 0.248 e. The van der Waals surface area contributed by atoms with Crippen LogP contribution in [0, 0.1) is 5.92 Å². The van der Waals surface area contributed by atoms with E-state index < -0.39 is 11.1 Å². The minimum Gasteiger partial charge on any atom is -0.340 e. The summed E-state index contributed by atoms with van der Waals surface area (Å²) >= 11 is 0. The Balaban J connectivity index is 1.94. The summed E-state index contributed by atoms with van der Waals surface area (Å²) < 4.78 is 0. The van der Waals surface area contributed by atoms with Crippen LogP contribution in [0.2, 0.25) is 0 Å². The highest BCUT2D eigenvalue weighted by molar-refractivity contribution is 6.02. The molecule has 1 N–H and O–H groups in total. The van der Waals surface area contributed by atoms with E-state index in [0.29, 0.717) is 12.3 Å². The number of nitrogens with one attached hydrogen (secondary N) is 1. The van der Waals surface area contributed by atoms with Crippen molar-refractivity contribution in [1.29, 1.82) is 0 Å². The maximum absolute atomic E-state index is 12.9. The Morgan fingerprint density at radius 3 is 2.42 bits per heavy atom. The van der Waals surface area contributed by atoms with Gasteiger partial charge in [0.05, 0.1) is 0 Å². The summed E-state index contributed by atoms with van der Waals surface area (Å²) in [6.07, 6.45) is 6.90. The van der Waals surface area contributed by atoms with Gasteiger partial charge in [0.15, 0.2) is 0 Å². The topological polar surface area (TPSA) is 49.4 Å². The van der Waals surface area contributed by atoms with Gasteiger partial charge < -0.3 is 10.2 Å². The normalized spacial score (nSPS) is 33.9. The first-order chi connectivity index (χ1) is 9.02. The van der Waals surface area contributed by atoms with E-state index in [0.717, 1.165) is 32.2 Å². The molecular weight excluding hydrogens is 240 g/mol. The fourth-order valence-electron chi connectivity index (χ4n) is 3.55. The largest absolute Gasteiger partial charge is 0.340 e. The van der Waals surface area contributed by atoms with Gasteiger partial charge >= 0.3 is 0 Å². The van der Waals surface area contributed by atoms with Gasteiger partial charge in [0.1, 0.15) is 11.1 Å². The predicted octanol–water partition coefficient (Wildman–Crippen LogP) is 1.84. The average Bonchev–Trinajstić information content (AvgIpc) is 3.08. The molecule has 1 aliphatic heterocycles. The van der Waals surface area contributed by atoms with Crippen LogP contribution in [0.1, 0.15) is 58.8 Å². The molecule has 3 fully saturated rings. The number of hydrogen-bond donors (Lipinski definition) is 1. The molecule has 0 bridgehead atoms. The van der Waals surface area contributed by atoms with Gasteiger partial charge in [-0.05, 0) is 44.9 Å². The van der Waals surface area contributed by atoms with E-state index in [-0.39, 0.29) is 11.8 Å². The number of nitrogens with zero attached hydrogens (tertiary/aromatic N) is 1. The van der Waals surface area contributed by atoms with Crippen LogP contribution in [0.15, 0.2) is 0 Å². The number of hydrogen-bond acceptors (Lipinski definition) is 2. The van der Waals surface area contributed by atoms with Crippen LogP contribution < -0.4 is 5.32 Å². The first-order valence-electron chi connectivity index (χ1n) is 7.66. The van der Waals surface area contributed by atoms with Crippen molar-refractivity contribution >= 4 is 11.8 Å². The summed E-state index contributed by atoms with van der Waals surface area (Å²) in [5, 5.41) is 3.02. The van der Waals surface area contributed by atoms with E-state index in [1.807, 2.05) is 18.7 Å². The third-order valence-corrected chi connectivity index (χ3v) is 5.32. The predicted molar refractivity (Wildman–Crippen MR) is 72.5 cm³/mol. The molecular formula is C15H24N2O2. The first-order valence-corrected chi connectivity index (χ1v) is 7.66. The molecule has 2 amide bonds. The number of carbonyl (C=O) groups is 2. The lowest BCUT2D eigenvalue weighted by atomic mass is 9.83. The van der Waals surface area contributed by atoms with Crippen molar-refractivity contribution in [3.63, 3.8) is 0 Å². The molecule has 0 aromatic rings. The minimum atomic E-state index is -0.695. The Hall–Kier alpha value is -1.06. The van der Waals surface area contributed by atoms with Crippen molar-refractivity contribution in [3.8, 4) is 0 Å². The van der Waals surface area contributed by atoms with Crippen LogP contribution in [-0.2, 0) is 9.59 Å². The van der Waals surface area contributed by atoms with Gasteiger partial charge in [-0.1, -0.05) is 19.8 Å². The molecule has 1 heterocycles. The van der Waals surface area contributed by atoms with E-state index in [1.54, 1.807) is 0 Å². The summed E-state index contributed by atoms with van der Waals surface area (Å²) in [7, 11) is 0. The van der Waals surface area contributed by atoms with E-state index in [1.165, 1.54) is 12.8 Å². The van der Waals surface area contributed by atoms with Crippen LogP contribution in [0.5, 0.6) is 0 Å². The second-order valence-electron chi connectivity index (χ2n) is 6.74. The maximum atomic E-state index is 12.9. The molecule has 2 saturated carbocycles. The Kier molecular flexibility index (Phi) is 2.88. The van der Waals surface area contributed by atoms with Crippen molar-refractivity contribution in [2.75, 3.05) is 6.54 Å². The van der Waals surface area contributed by atoms with Gasteiger partial charge in [0.2, 0.25) is 11.8 Å². The average molecular weight is 264 g/mol. The van der Waals surface area contributed by atoms with Gasteiger partial charge in [-0.3, -0.25) is 9.59 Å². The number of piperazine rings is 1. The third-order valence-electron chi connectivity index (χ3n) is 5.32. The lowest BCUT2D eigenvalue weighted by molar-refractivity contribution is -0.162. The van der Waals surface area contributed by atoms with Crippen molar-refractivity contribution in [1.82, 2.24) is 10.2 Å². The molecule has 1 saturated heterocycles. The third kappa shape index (κ3) is 1.87. The molecule has 1 spiro atoms. The molecule has 4 heteroatoms. The standard InChI is InChI=1S/C15H24N2O2/c1-3-14(2)13(19)17(10-11-6-7-11)15(12(18)16-14)8-4-5-9-15/h11H,3-10H2,1-2H3,(H,16,18). The Morgan fingerprint density at radius 1 is 1.26 bits per heavy atom. The molecule has 1 atom stereocenters. The zero-order chi connectivity index (χ0) is 13.7. The molecule has 4 nitrogen and oxygen atoms in total. The zero-order valence-corrected chi connectivity index (χ0v) is 12.0. The van der Waals surface area contributed by atoms with Crippen LogP contribution in [-0.4, -0.2) is 34.3 Å². The van der Waals surface area contributed by atoms with E-state index in [4.69, 9.17) is 0 Å². The molecule has 2 aliphatic carbocycles. The summed E-state index contributed by atoms with van der Waals surface area (Å²) in [5.74, 6) is 0.867. The number of carbonyl (C=O) groups excluding carboxylic acids is 2. The lowest BCUT2D eigenvalue weighted by Gasteiger charge is -2.50. The van der Waals surface area contributed by atoms with Crippen molar-refractivity contribution in [2.24, 2.45) is 5.92 Å². The van der Waals surface area contributed by atoms with Crippen LogP contribution in [0.4, 0.5) is 0 Å². The fraction of sp³-hybridized carbons (Fsp3) is 0.867. The fourth-order valence-corrected chi connectivity index (χ4v) is 3.55. The zero-order valence-electron chi connectivity index (χ0n) is 12.0. The monoisotopic (exact) mass is 264 g/mol. The van der Waals surface area contributed by atoms with Gasteiger partial charge in [-0.15, -0.1) is 0 Å². The second-order valence-corrected chi connectivity index (χ2v) is 6.74. The van der Waals surface area contributed by atoms with Gasteiger partial charge in [0, 0.05) is 6.54 Å². The van der Waals surface area contributed by atoms with E-state index in [2.05, 4.69) is 5.32 Å². The summed E-state index contributed by atoms with van der Waals surface area (Å²) in [5.41, 5.74) is -1.21. The SMILES string of the molecule is CCC1(C)NC(=O)C2(CCCC2)N(CC2CC2)C1=O. The highest BCUT2D eigenvalue weighted by atomic mass is 16.2. The number of rotatable bonds is 3. The van der Waals surface area contributed by atoms with Crippen LogP contribution in [0.3, 0.4) is 0 Å². The molecule has 3 aliphatic rings. The van der Waals surface area contributed by atoms with Crippen LogP contribution in [0.25, 0.3) is 0 Å². The van der Waals surface area contributed by atoms with E-state index >= 15 is 0 Å². The minimum absolute atomic E-state index is 0.0922. The Morgan fingerprint density at radius 2 is 1.89 bits per heavy atom. The molecule has 0 aromatic heterocycles. The van der Waals surface area contributed by atoms with Gasteiger partial charge in [-0.25, -0.2) is 0 Å². The van der Waals surface area contributed by atoms with Crippen molar-refractivity contribution in [2.45, 2.75) is 69.9 Å². The molecule has 19 heavy (non-hydrogen) atoms. The highest BCUT2D eigenvalue weighted by Gasteiger charge is 2.57. The molecule has 1 unspecified atom stereocenters. The lowest BCUT2D eigenvalue weighted by Crippen LogP contribution is -2.74.